The van der Waals surface area contributed by atoms with Crippen LogP contribution in [0.25, 0.3) is 27.2 Å². The van der Waals surface area contributed by atoms with Crippen LogP contribution in [0.5, 0.6) is 5.88 Å². The predicted octanol–water partition coefficient (Wildman–Crippen LogP) is 4.53. The standard InChI is InChI=1S/C22H25N5O3S/c1-6-26-14(5)18(13(4)25-26)16-12-23-27-10-9-15(11-17(16)27)21-24-20(29-7-2)19(31-21)22(28)30-8-3/h9-12H,6-8H2,1-5H3. The maximum Gasteiger partial charge on any atom is 0.354 e. The highest BCUT2D eigenvalue weighted by atomic mass is 32.1. The molecule has 0 spiro atoms. The zero-order valence-corrected chi connectivity index (χ0v) is 19.1. The molecule has 162 valence electrons. The summed E-state index contributed by atoms with van der Waals surface area (Å²) in [6.45, 7) is 11.3. The molecule has 0 aromatic carbocycles. The third-order valence-electron chi connectivity index (χ3n) is 5.06. The van der Waals surface area contributed by atoms with Gasteiger partial charge in [0.1, 0.15) is 5.01 Å². The molecule has 0 fully saturated rings. The van der Waals surface area contributed by atoms with Crippen molar-refractivity contribution in [3.8, 4) is 27.6 Å². The van der Waals surface area contributed by atoms with E-state index in [2.05, 4.69) is 29.0 Å². The van der Waals surface area contributed by atoms with Gasteiger partial charge >= 0.3 is 5.97 Å². The van der Waals surface area contributed by atoms with E-state index in [4.69, 9.17) is 9.47 Å². The number of carbonyl (C=O) groups is 1. The number of fused-ring (bicyclic) bond motifs is 1. The highest BCUT2D eigenvalue weighted by molar-refractivity contribution is 7.17. The maximum absolute atomic E-state index is 12.3. The Morgan fingerprint density at radius 2 is 2.00 bits per heavy atom. The number of carbonyl (C=O) groups excluding carboxylic acids is 1. The number of aromatic nitrogens is 5. The Morgan fingerprint density at radius 3 is 2.68 bits per heavy atom. The molecule has 31 heavy (non-hydrogen) atoms. The minimum absolute atomic E-state index is 0.299. The third-order valence-corrected chi connectivity index (χ3v) is 6.12. The summed E-state index contributed by atoms with van der Waals surface area (Å²) in [6, 6.07) is 3.97. The fourth-order valence-electron chi connectivity index (χ4n) is 3.69. The molecule has 0 aliphatic carbocycles. The van der Waals surface area contributed by atoms with E-state index in [0.29, 0.717) is 29.0 Å². The van der Waals surface area contributed by atoms with Crippen LogP contribution in [0.4, 0.5) is 0 Å². The van der Waals surface area contributed by atoms with Crippen LogP contribution >= 0.6 is 11.3 Å². The average molecular weight is 440 g/mol. The zero-order valence-electron chi connectivity index (χ0n) is 18.3. The summed E-state index contributed by atoms with van der Waals surface area (Å²) in [5.74, 6) is -0.107. The third kappa shape index (κ3) is 3.69. The van der Waals surface area contributed by atoms with E-state index < -0.39 is 5.97 Å². The first-order valence-corrected chi connectivity index (χ1v) is 11.1. The van der Waals surface area contributed by atoms with Gasteiger partial charge in [0.2, 0.25) is 5.88 Å². The van der Waals surface area contributed by atoms with Crippen molar-refractivity contribution in [3.63, 3.8) is 0 Å². The highest BCUT2D eigenvalue weighted by Crippen LogP contribution is 2.36. The molecule has 0 saturated heterocycles. The van der Waals surface area contributed by atoms with Gasteiger partial charge in [-0.25, -0.2) is 14.3 Å². The van der Waals surface area contributed by atoms with E-state index in [1.807, 2.05) is 47.6 Å². The van der Waals surface area contributed by atoms with Gasteiger partial charge in [0.25, 0.3) is 0 Å². The Bertz CT molecular complexity index is 1250. The molecule has 9 heteroatoms. The van der Waals surface area contributed by atoms with Gasteiger partial charge in [-0.15, -0.1) is 11.3 Å². The van der Waals surface area contributed by atoms with E-state index in [0.717, 1.165) is 40.1 Å². The van der Waals surface area contributed by atoms with Gasteiger partial charge in [-0.05, 0) is 46.8 Å². The molecule has 0 amide bonds. The number of ether oxygens (including phenoxy) is 2. The lowest BCUT2D eigenvalue weighted by molar-refractivity contribution is 0.0527. The van der Waals surface area contributed by atoms with Crippen LogP contribution < -0.4 is 4.74 Å². The van der Waals surface area contributed by atoms with Gasteiger partial charge in [0.05, 0.1) is 30.6 Å². The molecule has 4 rings (SSSR count). The molecular formula is C22H25N5O3S. The first-order chi connectivity index (χ1) is 15.0. The van der Waals surface area contributed by atoms with Crippen LogP contribution in [-0.4, -0.2) is 43.6 Å². The summed E-state index contributed by atoms with van der Waals surface area (Å²) in [5, 5.41) is 9.85. The second-order valence-electron chi connectivity index (χ2n) is 6.97. The Hall–Kier alpha value is -3.20. The molecule has 8 nitrogen and oxygen atoms in total. The summed E-state index contributed by atoms with van der Waals surface area (Å²) in [4.78, 5) is 17.3. The smallest absolute Gasteiger partial charge is 0.354 e. The fourth-order valence-corrected chi connectivity index (χ4v) is 4.59. The molecule has 0 bridgehead atoms. The number of hydrogen-bond acceptors (Lipinski definition) is 7. The van der Waals surface area contributed by atoms with Crippen LogP contribution in [0.3, 0.4) is 0 Å². The lowest BCUT2D eigenvalue weighted by atomic mass is 10.0. The van der Waals surface area contributed by atoms with Crippen molar-refractivity contribution in [2.24, 2.45) is 0 Å². The predicted molar refractivity (Wildman–Crippen MR) is 120 cm³/mol. The van der Waals surface area contributed by atoms with E-state index >= 15 is 0 Å². The van der Waals surface area contributed by atoms with Crippen LogP contribution in [0.2, 0.25) is 0 Å². The minimum Gasteiger partial charge on any atom is -0.477 e. The number of rotatable bonds is 7. The Balaban J connectivity index is 1.82. The molecule has 0 unspecified atom stereocenters. The number of hydrogen-bond donors (Lipinski definition) is 0. The minimum atomic E-state index is -0.418. The molecule has 4 aromatic rings. The zero-order chi connectivity index (χ0) is 22.1. The number of thiazole rings is 1. The second-order valence-corrected chi connectivity index (χ2v) is 7.97. The SMILES string of the molecule is CCOC(=O)c1sc(-c2ccn3ncc(-c4c(C)nn(CC)c4C)c3c2)nc1OCC. The normalized spacial score (nSPS) is 11.3. The van der Waals surface area contributed by atoms with Crippen LogP contribution in [0.15, 0.2) is 24.5 Å². The number of pyridine rings is 1. The van der Waals surface area contributed by atoms with Crippen molar-refractivity contribution in [2.45, 2.75) is 41.2 Å². The summed E-state index contributed by atoms with van der Waals surface area (Å²) in [6.07, 6.45) is 3.77. The largest absolute Gasteiger partial charge is 0.477 e. The average Bonchev–Trinajstić information content (AvgIpc) is 3.43. The molecule has 4 aromatic heterocycles. The highest BCUT2D eigenvalue weighted by Gasteiger charge is 2.22. The molecule has 0 radical (unpaired) electrons. The molecular weight excluding hydrogens is 414 g/mol. The second kappa shape index (κ2) is 8.50. The number of esters is 1. The topological polar surface area (TPSA) is 83.5 Å². The monoisotopic (exact) mass is 439 g/mol. The maximum atomic E-state index is 12.3. The fraction of sp³-hybridized carbons (Fsp3) is 0.364. The summed E-state index contributed by atoms with van der Waals surface area (Å²) in [5.41, 5.74) is 6.02. The van der Waals surface area contributed by atoms with Gasteiger partial charge in [0, 0.05) is 35.1 Å². The van der Waals surface area contributed by atoms with Crippen molar-refractivity contribution in [3.05, 3.63) is 40.8 Å². The molecule has 0 aliphatic heterocycles. The lowest BCUT2D eigenvalue weighted by Gasteiger charge is -2.03. The van der Waals surface area contributed by atoms with Gasteiger partial charge in [-0.2, -0.15) is 10.2 Å². The van der Waals surface area contributed by atoms with Crippen molar-refractivity contribution in [1.82, 2.24) is 24.4 Å². The van der Waals surface area contributed by atoms with Crippen molar-refractivity contribution >= 4 is 22.8 Å². The molecule has 4 heterocycles. The van der Waals surface area contributed by atoms with E-state index in [-0.39, 0.29) is 0 Å². The van der Waals surface area contributed by atoms with Gasteiger partial charge in [0.15, 0.2) is 4.88 Å². The first kappa shape index (κ1) is 21.0. The van der Waals surface area contributed by atoms with E-state index in [1.54, 1.807) is 6.92 Å². The summed E-state index contributed by atoms with van der Waals surface area (Å²) in [7, 11) is 0. The lowest BCUT2D eigenvalue weighted by Crippen LogP contribution is -2.05. The van der Waals surface area contributed by atoms with Crippen molar-refractivity contribution < 1.29 is 14.3 Å². The summed E-state index contributed by atoms with van der Waals surface area (Å²) >= 11 is 1.27. The first-order valence-electron chi connectivity index (χ1n) is 10.3. The quantitative estimate of drug-likeness (QED) is 0.393. The Kier molecular flexibility index (Phi) is 5.77. The Labute approximate surface area is 184 Å². The molecule has 0 aliphatic rings. The molecule has 0 atom stereocenters. The van der Waals surface area contributed by atoms with Gasteiger partial charge < -0.3 is 9.47 Å². The number of nitrogens with zero attached hydrogens (tertiary/aromatic N) is 5. The van der Waals surface area contributed by atoms with Crippen molar-refractivity contribution in [1.29, 1.82) is 0 Å². The molecule has 0 N–H and O–H groups in total. The van der Waals surface area contributed by atoms with E-state index in [9.17, 15) is 4.79 Å². The van der Waals surface area contributed by atoms with Crippen LogP contribution in [-0.2, 0) is 11.3 Å². The van der Waals surface area contributed by atoms with Gasteiger partial charge in [-0.3, -0.25) is 4.68 Å². The van der Waals surface area contributed by atoms with Crippen molar-refractivity contribution in [2.75, 3.05) is 13.2 Å². The Morgan fingerprint density at radius 1 is 1.19 bits per heavy atom. The number of aryl methyl sites for hydroxylation is 2. The summed E-state index contributed by atoms with van der Waals surface area (Å²) < 4.78 is 14.6. The van der Waals surface area contributed by atoms with E-state index in [1.165, 1.54) is 11.3 Å². The van der Waals surface area contributed by atoms with Gasteiger partial charge in [-0.1, -0.05) is 0 Å². The van der Waals surface area contributed by atoms with Crippen LogP contribution in [0, 0.1) is 13.8 Å². The molecule has 0 saturated carbocycles. The van der Waals surface area contributed by atoms with Crippen LogP contribution in [0.1, 0.15) is 41.8 Å².